The van der Waals surface area contributed by atoms with Gasteiger partial charge in [-0.1, -0.05) is 6.92 Å². The average molecular weight is 474 g/mol. The van der Waals surface area contributed by atoms with Gasteiger partial charge in [0.15, 0.2) is 0 Å². The molecule has 3 aliphatic rings. The van der Waals surface area contributed by atoms with Crippen molar-refractivity contribution in [1.29, 1.82) is 0 Å². The van der Waals surface area contributed by atoms with Gasteiger partial charge in [0.2, 0.25) is 5.88 Å². The minimum absolute atomic E-state index is 0.113. The van der Waals surface area contributed by atoms with Crippen molar-refractivity contribution in [3.63, 3.8) is 0 Å². The van der Waals surface area contributed by atoms with E-state index in [2.05, 4.69) is 45.2 Å². The van der Waals surface area contributed by atoms with E-state index in [0.29, 0.717) is 17.5 Å². The number of piperazine rings is 1. The number of hydrogen-bond donors (Lipinski definition) is 1. The molecule has 1 spiro atoms. The van der Waals surface area contributed by atoms with E-state index in [1.165, 1.54) is 5.56 Å². The van der Waals surface area contributed by atoms with E-state index >= 15 is 0 Å². The second-order valence-corrected chi connectivity index (χ2v) is 9.80. The minimum atomic E-state index is -0.163. The van der Waals surface area contributed by atoms with Crippen molar-refractivity contribution < 1.29 is 14.3 Å². The van der Waals surface area contributed by atoms with Crippen molar-refractivity contribution in [2.75, 3.05) is 45.3 Å². The number of benzene rings is 1. The van der Waals surface area contributed by atoms with E-state index in [4.69, 9.17) is 14.5 Å². The number of pyridine rings is 2. The van der Waals surface area contributed by atoms with E-state index < -0.39 is 0 Å². The number of aryl methyl sites for hydroxylation is 1. The molecule has 1 aromatic carbocycles. The summed E-state index contributed by atoms with van der Waals surface area (Å²) in [4.78, 5) is 26.1. The minimum Gasteiger partial charge on any atom is -0.493 e. The number of aromatic nitrogens is 2. The molecule has 35 heavy (non-hydrogen) atoms. The summed E-state index contributed by atoms with van der Waals surface area (Å²) in [7, 11) is 3.30. The molecule has 4 heterocycles. The quantitative estimate of drug-likeness (QED) is 0.624. The predicted molar refractivity (Wildman–Crippen MR) is 134 cm³/mol. The number of nitrogens with zero attached hydrogens (tertiary/aromatic N) is 4. The smallest absolute Gasteiger partial charge is 0.269 e. The highest BCUT2D eigenvalue weighted by Crippen LogP contribution is 2.53. The molecule has 6 rings (SSSR count). The Hall–Kier alpha value is -3.39. The van der Waals surface area contributed by atoms with Crippen LogP contribution in [-0.4, -0.2) is 66.7 Å². The van der Waals surface area contributed by atoms with Crippen LogP contribution in [0.15, 0.2) is 36.5 Å². The number of methoxy groups -OCH3 is 1. The highest BCUT2D eigenvalue weighted by Gasteiger charge is 2.61. The van der Waals surface area contributed by atoms with Crippen LogP contribution in [0.3, 0.4) is 0 Å². The predicted octanol–water partition coefficient (Wildman–Crippen LogP) is 3.03. The highest BCUT2D eigenvalue weighted by molar-refractivity contribution is 5.92. The molecule has 0 bridgehead atoms. The molecule has 1 amide bonds. The molecule has 182 valence electrons. The number of amides is 1. The molecular weight excluding hydrogens is 442 g/mol. The molecule has 1 saturated carbocycles. The Labute approximate surface area is 205 Å². The SMILES string of the molecule is CCc1cc2cc3c(cc2nc1OC)CN1CCN(c2ccc(C(=O)NC)nc2)CC12C[C@H]2CO3. The third-order valence-corrected chi connectivity index (χ3v) is 7.92. The molecule has 8 heteroatoms. The molecule has 1 N–H and O–H groups in total. The van der Waals surface area contributed by atoms with Crippen LogP contribution in [0.1, 0.15) is 35.0 Å². The van der Waals surface area contributed by atoms with Crippen molar-refractivity contribution >= 4 is 22.5 Å². The third-order valence-electron chi connectivity index (χ3n) is 7.92. The van der Waals surface area contributed by atoms with Gasteiger partial charge in [-0.25, -0.2) is 9.97 Å². The number of rotatable bonds is 4. The average Bonchev–Trinajstić information content (AvgIpc) is 3.57. The van der Waals surface area contributed by atoms with Gasteiger partial charge >= 0.3 is 0 Å². The Morgan fingerprint density at radius 1 is 1.29 bits per heavy atom. The van der Waals surface area contributed by atoms with Crippen LogP contribution < -0.4 is 19.7 Å². The third kappa shape index (κ3) is 3.67. The van der Waals surface area contributed by atoms with Gasteiger partial charge in [0.25, 0.3) is 5.91 Å². The Morgan fingerprint density at radius 3 is 2.91 bits per heavy atom. The van der Waals surface area contributed by atoms with Crippen molar-refractivity contribution in [3.05, 3.63) is 53.3 Å². The van der Waals surface area contributed by atoms with E-state index in [1.54, 1.807) is 20.2 Å². The number of fused-ring (bicyclic) bond motifs is 2. The first-order chi connectivity index (χ1) is 17.0. The lowest BCUT2D eigenvalue weighted by Crippen LogP contribution is -2.56. The number of nitrogens with one attached hydrogen (secondary N) is 1. The first-order valence-corrected chi connectivity index (χ1v) is 12.4. The Bertz CT molecular complexity index is 1290. The molecule has 2 atom stereocenters. The monoisotopic (exact) mass is 473 g/mol. The molecule has 1 aliphatic carbocycles. The molecule has 0 radical (unpaired) electrons. The zero-order valence-electron chi connectivity index (χ0n) is 20.5. The van der Waals surface area contributed by atoms with Crippen LogP contribution >= 0.6 is 0 Å². The van der Waals surface area contributed by atoms with Crippen LogP contribution in [0.2, 0.25) is 0 Å². The lowest BCUT2D eigenvalue weighted by Gasteiger charge is -2.44. The van der Waals surface area contributed by atoms with Gasteiger partial charge in [0.05, 0.1) is 31.1 Å². The van der Waals surface area contributed by atoms with Crippen LogP contribution in [0.4, 0.5) is 5.69 Å². The summed E-state index contributed by atoms with van der Waals surface area (Å²) < 4.78 is 11.9. The summed E-state index contributed by atoms with van der Waals surface area (Å²) in [6.07, 6.45) is 3.83. The molecule has 2 aromatic heterocycles. The molecule has 3 aromatic rings. The molecule has 2 aliphatic heterocycles. The molecule has 8 nitrogen and oxygen atoms in total. The van der Waals surface area contributed by atoms with E-state index in [9.17, 15) is 4.79 Å². The van der Waals surface area contributed by atoms with Crippen molar-refractivity contribution in [2.24, 2.45) is 5.92 Å². The van der Waals surface area contributed by atoms with Gasteiger partial charge in [-0.2, -0.15) is 0 Å². The summed E-state index contributed by atoms with van der Waals surface area (Å²) in [6, 6.07) is 10.3. The standard InChI is InChI=1S/C27H31N5O3/c1-4-17-9-18-11-24-19(10-23(18)30-26(17)34-3)14-32-8-7-31(16-27(32)12-20(27)15-35-24)21-5-6-22(29-13-21)25(33)28-2/h5-6,9-11,13,20H,4,7-8,12,14-16H2,1-3H3,(H,28,33)/t20-,27?/m0/s1. The van der Waals surface area contributed by atoms with E-state index in [1.807, 2.05) is 12.3 Å². The number of ether oxygens (including phenoxy) is 2. The Balaban J connectivity index is 1.27. The number of carbonyl (C=O) groups excluding carboxylic acids is 1. The summed E-state index contributed by atoms with van der Waals surface area (Å²) >= 11 is 0. The maximum absolute atomic E-state index is 11.8. The van der Waals surface area contributed by atoms with Gasteiger partial charge in [0.1, 0.15) is 11.4 Å². The van der Waals surface area contributed by atoms with Crippen LogP contribution in [-0.2, 0) is 13.0 Å². The number of anilines is 1. The first-order valence-electron chi connectivity index (χ1n) is 12.4. The molecule has 1 unspecified atom stereocenters. The van der Waals surface area contributed by atoms with Crippen LogP contribution in [0.5, 0.6) is 11.6 Å². The van der Waals surface area contributed by atoms with Crippen LogP contribution in [0, 0.1) is 5.92 Å². The summed E-state index contributed by atoms with van der Waals surface area (Å²) in [6.45, 7) is 6.52. The lowest BCUT2D eigenvalue weighted by atomic mass is 10.0. The Kier molecular flexibility index (Phi) is 5.29. The summed E-state index contributed by atoms with van der Waals surface area (Å²) in [5, 5.41) is 3.73. The molecule has 1 saturated heterocycles. The number of hydrogen-bond acceptors (Lipinski definition) is 7. The number of carbonyl (C=O) groups is 1. The second kappa shape index (κ2) is 8.37. The van der Waals surface area contributed by atoms with Crippen molar-refractivity contribution in [2.45, 2.75) is 31.8 Å². The largest absolute Gasteiger partial charge is 0.493 e. The van der Waals surface area contributed by atoms with Gasteiger partial charge in [-0.05, 0) is 43.2 Å². The normalized spacial score (nSPS) is 23.3. The molecule has 2 fully saturated rings. The van der Waals surface area contributed by atoms with Crippen molar-refractivity contribution in [1.82, 2.24) is 20.2 Å². The zero-order chi connectivity index (χ0) is 24.2. The highest BCUT2D eigenvalue weighted by atomic mass is 16.5. The molecular formula is C27H31N5O3. The topological polar surface area (TPSA) is 79.8 Å². The maximum atomic E-state index is 11.8. The van der Waals surface area contributed by atoms with Gasteiger partial charge in [0, 0.05) is 61.2 Å². The van der Waals surface area contributed by atoms with Crippen molar-refractivity contribution in [3.8, 4) is 11.6 Å². The van der Waals surface area contributed by atoms with Gasteiger partial charge < -0.3 is 19.7 Å². The fourth-order valence-corrected chi connectivity index (χ4v) is 5.78. The fourth-order valence-electron chi connectivity index (χ4n) is 5.78. The summed E-state index contributed by atoms with van der Waals surface area (Å²) in [5.41, 5.74) is 4.87. The Morgan fingerprint density at radius 2 is 2.17 bits per heavy atom. The first kappa shape index (κ1) is 22.1. The fraction of sp³-hybridized carbons (Fsp3) is 0.444. The van der Waals surface area contributed by atoms with E-state index in [-0.39, 0.29) is 11.4 Å². The lowest BCUT2D eigenvalue weighted by molar-refractivity contribution is 0.0958. The maximum Gasteiger partial charge on any atom is 0.269 e. The van der Waals surface area contributed by atoms with Crippen LogP contribution in [0.25, 0.3) is 10.9 Å². The van der Waals surface area contributed by atoms with Gasteiger partial charge in [-0.3, -0.25) is 9.69 Å². The zero-order valence-corrected chi connectivity index (χ0v) is 20.5. The van der Waals surface area contributed by atoms with E-state index in [0.717, 1.165) is 73.5 Å². The second-order valence-electron chi connectivity index (χ2n) is 9.80. The summed E-state index contributed by atoms with van der Waals surface area (Å²) in [5.74, 6) is 2.02. The van der Waals surface area contributed by atoms with Gasteiger partial charge in [-0.15, -0.1) is 0 Å².